The maximum atomic E-state index is 10.6. The molecule has 0 aromatic rings. The van der Waals surface area contributed by atoms with Crippen LogP contribution in [0.25, 0.3) is 0 Å². The quantitative estimate of drug-likeness (QED) is 0.536. The van der Waals surface area contributed by atoms with E-state index >= 15 is 0 Å². The monoisotopic (exact) mass is 152 g/mol. The molecule has 0 saturated heterocycles. The first kappa shape index (κ1) is 6.89. The van der Waals surface area contributed by atoms with Crippen molar-refractivity contribution in [2.24, 2.45) is 11.8 Å². The van der Waals surface area contributed by atoms with Crippen LogP contribution in [0.1, 0.15) is 26.2 Å². The summed E-state index contributed by atoms with van der Waals surface area (Å²) >= 11 is 0. The Kier molecular flexibility index (Phi) is 1.48. The van der Waals surface area contributed by atoms with Gasteiger partial charge in [-0.3, -0.25) is 4.79 Å². The lowest BCUT2D eigenvalue weighted by molar-refractivity contribution is -0.138. The molecule has 1 fully saturated rings. The zero-order chi connectivity index (χ0) is 7.84. The van der Waals surface area contributed by atoms with Crippen molar-refractivity contribution < 1.29 is 9.53 Å². The average Bonchev–Trinajstić information content (AvgIpc) is 1.83. The Morgan fingerprint density at radius 3 is 2.82 bits per heavy atom. The Morgan fingerprint density at radius 2 is 2.36 bits per heavy atom. The molecular weight excluding hydrogens is 140 g/mol. The number of carbonyl (C=O) groups is 1. The Labute approximate surface area is 66.2 Å². The van der Waals surface area contributed by atoms with Gasteiger partial charge >= 0.3 is 5.97 Å². The minimum Gasteiger partial charge on any atom is -0.431 e. The van der Waals surface area contributed by atoms with E-state index in [2.05, 4.69) is 6.08 Å². The highest BCUT2D eigenvalue weighted by Gasteiger charge is 2.36. The number of carbonyl (C=O) groups excluding carboxylic acids is 1. The van der Waals surface area contributed by atoms with Crippen LogP contribution in [0.5, 0.6) is 0 Å². The molecule has 60 valence electrons. The minimum atomic E-state index is -0.179. The van der Waals surface area contributed by atoms with Crippen molar-refractivity contribution in [1.29, 1.82) is 0 Å². The molecule has 0 amide bonds. The normalized spacial score (nSPS) is 33.7. The van der Waals surface area contributed by atoms with Crippen molar-refractivity contribution in [2.45, 2.75) is 26.2 Å². The predicted octanol–water partition coefficient (Wildman–Crippen LogP) is 1.86. The first-order valence-corrected chi connectivity index (χ1v) is 4.14. The van der Waals surface area contributed by atoms with Crippen molar-refractivity contribution >= 4 is 5.97 Å². The third-order valence-corrected chi connectivity index (χ3v) is 2.55. The molecule has 0 radical (unpaired) electrons. The number of hydrogen-bond acceptors (Lipinski definition) is 2. The fourth-order valence-electron chi connectivity index (χ4n) is 1.90. The molecule has 2 nitrogen and oxygen atoms in total. The summed E-state index contributed by atoms with van der Waals surface area (Å²) in [5.74, 6) is 2.21. The van der Waals surface area contributed by atoms with Crippen LogP contribution < -0.4 is 0 Å². The number of ether oxygens (including phenoxy) is 1. The number of esters is 1. The first-order valence-electron chi connectivity index (χ1n) is 4.14. The summed E-state index contributed by atoms with van der Waals surface area (Å²) in [5.41, 5.74) is 0. The Balaban J connectivity index is 2.02. The maximum Gasteiger partial charge on any atom is 0.307 e. The smallest absolute Gasteiger partial charge is 0.307 e. The molecule has 3 rings (SSSR count). The van der Waals surface area contributed by atoms with E-state index in [-0.39, 0.29) is 5.97 Å². The van der Waals surface area contributed by atoms with Crippen molar-refractivity contribution in [2.75, 3.05) is 0 Å². The van der Waals surface area contributed by atoms with Gasteiger partial charge in [0, 0.05) is 12.8 Å². The molecule has 0 aromatic carbocycles. The van der Waals surface area contributed by atoms with Crippen molar-refractivity contribution in [3.8, 4) is 0 Å². The molecule has 1 saturated carbocycles. The second-order valence-corrected chi connectivity index (χ2v) is 3.47. The second kappa shape index (κ2) is 2.36. The lowest BCUT2D eigenvalue weighted by Crippen LogP contribution is -2.30. The van der Waals surface area contributed by atoms with Gasteiger partial charge in [-0.1, -0.05) is 0 Å². The summed E-state index contributed by atoms with van der Waals surface area (Å²) in [6.07, 6.45) is 5.65. The molecule has 0 unspecified atom stereocenters. The Hall–Kier alpha value is -0.790. The number of allylic oxidation sites excluding steroid dienone is 2. The van der Waals surface area contributed by atoms with Gasteiger partial charge < -0.3 is 4.74 Å². The van der Waals surface area contributed by atoms with Crippen LogP contribution in [0.15, 0.2) is 11.8 Å². The lowest BCUT2D eigenvalue weighted by Gasteiger charge is -2.39. The van der Waals surface area contributed by atoms with E-state index in [1.165, 1.54) is 19.8 Å². The first-order chi connectivity index (χ1) is 5.25. The van der Waals surface area contributed by atoms with Crippen LogP contribution in [0.3, 0.4) is 0 Å². The summed E-state index contributed by atoms with van der Waals surface area (Å²) < 4.78 is 5.06. The Bertz CT molecular complexity index is 212. The molecule has 0 aromatic heterocycles. The van der Waals surface area contributed by atoms with E-state index in [4.69, 9.17) is 4.74 Å². The highest BCUT2D eigenvalue weighted by atomic mass is 16.5. The van der Waals surface area contributed by atoms with Crippen molar-refractivity contribution in [1.82, 2.24) is 0 Å². The SMILES string of the molecule is CC(=O)OC1=CCC2CC1C2. The van der Waals surface area contributed by atoms with Gasteiger partial charge in [0.15, 0.2) is 0 Å². The molecule has 0 aliphatic heterocycles. The van der Waals surface area contributed by atoms with E-state index < -0.39 is 0 Å². The van der Waals surface area contributed by atoms with E-state index in [1.807, 2.05) is 0 Å². The molecule has 0 heterocycles. The topological polar surface area (TPSA) is 26.3 Å². The van der Waals surface area contributed by atoms with E-state index in [1.54, 1.807) is 0 Å². The fourth-order valence-corrected chi connectivity index (χ4v) is 1.90. The summed E-state index contributed by atoms with van der Waals surface area (Å²) in [7, 11) is 0. The van der Waals surface area contributed by atoms with Gasteiger partial charge in [-0.2, -0.15) is 0 Å². The molecule has 0 N–H and O–H groups in total. The van der Waals surface area contributed by atoms with Crippen LogP contribution in [0.4, 0.5) is 0 Å². The number of rotatable bonds is 1. The highest BCUT2D eigenvalue weighted by Crippen LogP contribution is 2.45. The van der Waals surface area contributed by atoms with Gasteiger partial charge in [0.05, 0.1) is 0 Å². The standard InChI is InChI=1S/C9H12O2/c1-6(10)11-9-3-2-7-4-8(9)5-7/h3,7-8H,2,4-5H2,1H3. The van der Waals surface area contributed by atoms with E-state index in [0.29, 0.717) is 5.92 Å². The number of hydrogen-bond donors (Lipinski definition) is 0. The number of fused-ring (bicyclic) bond motifs is 1. The van der Waals surface area contributed by atoms with Gasteiger partial charge in [-0.05, 0) is 31.3 Å². The van der Waals surface area contributed by atoms with Gasteiger partial charge in [0.2, 0.25) is 0 Å². The van der Waals surface area contributed by atoms with Crippen molar-refractivity contribution in [3.63, 3.8) is 0 Å². The largest absolute Gasteiger partial charge is 0.431 e. The molecule has 0 spiro atoms. The minimum absolute atomic E-state index is 0.179. The molecule has 3 aliphatic carbocycles. The Morgan fingerprint density at radius 1 is 1.64 bits per heavy atom. The molecule has 2 heteroatoms. The zero-order valence-corrected chi connectivity index (χ0v) is 6.67. The van der Waals surface area contributed by atoms with E-state index in [0.717, 1.165) is 18.1 Å². The van der Waals surface area contributed by atoms with Crippen LogP contribution in [-0.2, 0) is 9.53 Å². The summed E-state index contributed by atoms with van der Waals surface area (Å²) in [5, 5.41) is 0. The van der Waals surface area contributed by atoms with Crippen LogP contribution in [0.2, 0.25) is 0 Å². The second-order valence-electron chi connectivity index (χ2n) is 3.47. The van der Waals surface area contributed by atoms with Gasteiger partial charge in [-0.25, -0.2) is 0 Å². The molecular formula is C9H12O2. The summed E-state index contributed by atoms with van der Waals surface area (Å²) in [6.45, 7) is 1.46. The third-order valence-electron chi connectivity index (χ3n) is 2.55. The maximum absolute atomic E-state index is 10.6. The summed E-state index contributed by atoms with van der Waals surface area (Å²) in [6, 6.07) is 0. The van der Waals surface area contributed by atoms with Crippen molar-refractivity contribution in [3.05, 3.63) is 11.8 Å². The van der Waals surface area contributed by atoms with Gasteiger partial charge in [0.1, 0.15) is 5.76 Å². The summed E-state index contributed by atoms with van der Waals surface area (Å²) in [4.78, 5) is 10.6. The zero-order valence-electron chi connectivity index (χ0n) is 6.67. The van der Waals surface area contributed by atoms with Crippen LogP contribution in [-0.4, -0.2) is 5.97 Å². The average molecular weight is 152 g/mol. The predicted molar refractivity (Wildman–Crippen MR) is 40.7 cm³/mol. The fraction of sp³-hybridized carbons (Fsp3) is 0.667. The van der Waals surface area contributed by atoms with Crippen LogP contribution >= 0.6 is 0 Å². The molecule has 3 aliphatic rings. The van der Waals surface area contributed by atoms with Crippen LogP contribution in [0, 0.1) is 11.8 Å². The van der Waals surface area contributed by atoms with Gasteiger partial charge in [-0.15, -0.1) is 0 Å². The molecule has 0 atom stereocenters. The van der Waals surface area contributed by atoms with E-state index in [9.17, 15) is 4.79 Å². The van der Waals surface area contributed by atoms with Gasteiger partial charge in [0.25, 0.3) is 0 Å². The lowest BCUT2D eigenvalue weighted by atomic mass is 9.68. The highest BCUT2D eigenvalue weighted by molar-refractivity contribution is 5.67. The molecule has 11 heavy (non-hydrogen) atoms. The third kappa shape index (κ3) is 1.17. The molecule has 2 bridgehead atoms.